The predicted octanol–water partition coefficient (Wildman–Crippen LogP) is 8.64. The monoisotopic (exact) mass is 756 g/mol. The maximum absolute atomic E-state index is 8.59. The molecule has 0 fully saturated rings. The van der Waals surface area contributed by atoms with Crippen LogP contribution >= 0.6 is 0 Å². The van der Waals surface area contributed by atoms with Crippen molar-refractivity contribution in [1.29, 1.82) is 10.8 Å². The number of aromatic nitrogens is 2. The van der Waals surface area contributed by atoms with Crippen molar-refractivity contribution in [2.24, 2.45) is 0 Å². The van der Waals surface area contributed by atoms with E-state index in [1.54, 1.807) is 12.1 Å². The number of hydrogen-bond acceptors (Lipinski definition) is 6. The fourth-order valence-electron chi connectivity index (χ4n) is 6.58. The summed E-state index contributed by atoms with van der Waals surface area (Å²) in [5, 5.41) is 23.2. The van der Waals surface area contributed by atoms with Gasteiger partial charge in [-0.25, -0.2) is 15.4 Å². The molecule has 8 aromatic rings. The molecule has 1 atom stereocenters. The topological polar surface area (TPSA) is 145 Å². The third-order valence-electron chi connectivity index (χ3n) is 9.72. The Morgan fingerprint density at radius 3 is 1.43 bits per heavy atom. The van der Waals surface area contributed by atoms with Crippen molar-refractivity contribution in [3.8, 4) is 56.2 Å². The first-order valence-corrected chi connectivity index (χ1v) is 18.8. The van der Waals surface area contributed by atoms with Crippen LogP contribution in [0.5, 0.6) is 0 Å². The summed E-state index contributed by atoms with van der Waals surface area (Å²) in [4.78, 5) is 10.1. The Balaban J connectivity index is 1.17. The number of ether oxygens (including phenoxy) is 2. The highest BCUT2D eigenvalue weighted by Crippen LogP contribution is 2.35. The van der Waals surface area contributed by atoms with Crippen molar-refractivity contribution in [1.82, 2.24) is 9.97 Å². The van der Waals surface area contributed by atoms with Gasteiger partial charge in [0.05, 0.1) is 22.5 Å². The SMILES string of the molecule is N=C(OC(=N)c1ccc(-c2cc(-c3ccc(C([NH3+])OC(=[NH2+])c4ccccc4)cc3)cc(-c3cc(-c4ccccc4)nc(-c4ccccc4)n3)c2)cc1)c1ccccc1. The summed E-state index contributed by atoms with van der Waals surface area (Å²) in [6, 6.07) is 63.1. The molecule has 0 radical (unpaired) electrons. The number of nitrogens with one attached hydrogen (secondary N) is 2. The molecular weight excluding hydrogens is 717 g/mol. The Morgan fingerprint density at radius 1 is 0.448 bits per heavy atom. The third kappa shape index (κ3) is 8.53. The average molecular weight is 757 g/mol. The van der Waals surface area contributed by atoms with Gasteiger partial charge in [0.1, 0.15) is 0 Å². The molecule has 7 N–H and O–H groups in total. The van der Waals surface area contributed by atoms with E-state index in [2.05, 4.69) is 48.2 Å². The number of nitrogens with zero attached hydrogens (tertiary/aromatic N) is 2. The second-order valence-electron chi connectivity index (χ2n) is 13.7. The Morgan fingerprint density at radius 2 is 0.879 bits per heavy atom. The van der Waals surface area contributed by atoms with Crippen molar-refractivity contribution < 1.29 is 20.6 Å². The van der Waals surface area contributed by atoms with Gasteiger partial charge >= 0.3 is 5.90 Å². The summed E-state index contributed by atoms with van der Waals surface area (Å²) in [5.41, 5.74) is 15.4. The van der Waals surface area contributed by atoms with Gasteiger partial charge in [-0.15, -0.1) is 0 Å². The summed E-state index contributed by atoms with van der Waals surface area (Å²) in [6.45, 7) is 0. The zero-order chi connectivity index (χ0) is 39.8. The Labute approximate surface area is 336 Å². The van der Waals surface area contributed by atoms with Gasteiger partial charge in [0, 0.05) is 27.8 Å². The Hall–Kier alpha value is -7.81. The molecule has 0 amide bonds. The molecule has 1 aromatic heterocycles. The van der Waals surface area contributed by atoms with E-state index in [-0.39, 0.29) is 11.8 Å². The highest BCUT2D eigenvalue weighted by molar-refractivity contribution is 6.05. The molecule has 8 rings (SSSR count). The van der Waals surface area contributed by atoms with Crippen LogP contribution in [-0.4, -0.2) is 27.7 Å². The number of nitrogens with two attached hydrogens (primary N) is 1. The molecule has 8 heteroatoms. The minimum atomic E-state index is -0.511. The van der Waals surface area contributed by atoms with Gasteiger partial charge in [-0.2, -0.15) is 0 Å². The van der Waals surface area contributed by atoms with E-state index in [1.165, 1.54) is 0 Å². The molecule has 1 unspecified atom stereocenters. The largest absolute Gasteiger partial charge is 0.421 e. The maximum Gasteiger partial charge on any atom is 0.371 e. The van der Waals surface area contributed by atoms with E-state index >= 15 is 0 Å². The van der Waals surface area contributed by atoms with Crippen LogP contribution < -0.4 is 11.1 Å². The van der Waals surface area contributed by atoms with Gasteiger partial charge in [0.15, 0.2) is 5.82 Å². The van der Waals surface area contributed by atoms with Crippen LogP contribution in [0.3, 0.4) is 0 Å². The lowest BCUT2D eigenvalue weighted by Crippen LogP contribution is -2.58. The van der Waals surface area contributed by atoms with Crippen LogP contribution in [0.15, 0.2) is 194 Å². The van der Waals surface area contributed by atoms with Gasteiger partial charge in [0.2, 0.25) is 11.8 Å². The van der Waals surface area contributed by atoms with E-state index < -0.39 is 6.23 Å². The number of quaternary nitrogens is 1. The quantitative estimate of drug-likeness (QED) is 0.0629. The van der Waals surface area contributed by atoms with Crippen LogP contribution in [0.25, 0.3) is 56.2 Å². The second-order valence-corrected chi connectivity index (χ2v) is 13.7. The van der Waals surface area contributed by atoms with Gasteiger partial charge < -0.3 is 15.2 Å². The average Bonchev–Trinajstić information content (AvgIpc) is 3.30. The first-order chi connectivity index (χ1) is 28.4. The zero-order valence-electron chi connectivity index (χ0n) is 31.5. The molecule has 0 aliphatic rings. The van der Waals surface area contributed by atoms with Crippen molar-refractivity contribution >= 4 is 17.7 Å². The molecule has 0 aliphatic carbocycles. The number of hydrogen-bond donors (Lipinski definition) is 4. The molecule has 1 heterocycles. The lowest BCUT2D eigenvalue weighted by molar-refractivity contribution is -0.488. The van der Waals surface area contributed by atoms with Crippen LogP contribution in [0.2, 0.25) is 0 Å². The van der Waals surface area contributed by atoms with Crippen molar-refractivity contribution in [3.63, 3.8) is 0 Å². The van der Waals surface area contributed by atoms with Crippen molar-refractivity contribution in [2.75, 3.05) is 0 Å². The zero-order valence-corrected chi connectivity index (χ0v) is 31.5. The number of benzene rings is 7. The lowest BCUT2D eigenvalue weighted by atomic mass is 9.93. The molecule has 58 heavy (non-hydrogen) atoms. The van der Waals surface area contributed by atoms with Gasteiger partial charge in [-0.05, 0) is 95.1 Å². The molecule has 0 saturated heterocycles. The fourth-order valence-corrected chi connectivity index (χ4v) is 6.58. The highest BCUT2D eigenvalue weighted by atomic mass is 16.5. The Kier molecular flexibility index (Phi) is 10.8. The molecular formula is C50H40N6O2+2. The minimum absolute atomic E-state index is 0.0813. The summed E-state index contributed by atoms with van der Waals surface area (Å²) >= 11 is 0. The lowest BCUT2D eigenvalue weighted by Gasteiger charge is -2.14. The molecule has 0 spiro atoms. The second kappa shape index (κ2) is 16.9. The molecule has 7 aromatic carbocycles. The van der Waals surface area contributed by atoms with Crippen LogP contribution in [-0.2, 0) is 9.47 Å². The smallest absolute Gasteiger partial charge is 0.371 e. The van der Waals surface area contributed by atoms with E-state index in [9.17, 15) is 0 Å². The number of rotatable bonds is 10. The fraction of sp³-hybridized carbons (Fsp3) is 0.0200. The summed E-state index contributed by atoms with van der Waals surface area (Å²) in [5.74, 6) is 0.764. The van der Waals surface area contributed by atoms with E-state index in [0.717, 1.165) is 61.5 Å². The molecule has 0 saturated carbocycles. The third-order valence-corrected chi connectivity index (χ3v) is 9.72. The van der Waals surface area contributed by atoms with Gasteiger partial charge in [-0.1, -0.05) is 121 Å². The van der Waals surface area contributed by atoms with E-state index in [0.29, 0.717) is 22.8 Å². The summed E-state index contributed by atoms with van der Waals surface area (Å²) in [7, 11) is 0. The molecule has 280 valence electrons. The van der Waals surface area contributed by atoms with E-state index in [1.807, 2.05) is 140 Å². The van der Waals surface area contributed by atoms with Crippen LogP contribution in [0, 0.1) is 10.8 Å². The first kappa shape index (κ1) is 37.1. The Bertz CT molecular complexity index is 2650. The van der Waals surface area contributed by atoms with Crippen LogP contribution in [0.1, 0.15) is 28.5 Å². The standard InChI is InChI=1S/C50H38N6O2/c51-46(36-15-7-2-8-16-36)57-48(53)38-25-21-33(22-26-38)41-29-42(34-23-27-39(28-24-34)49(54)58-47(52)37-17-9-3-10-18-37)31-43(30-41)45-32-44(35-13-5-1-6-14-35)55-50(56-45)40-19-11-4-12-20-40/h1-32,48,51-52,54H,53H2/p+2. The van der Waals surface area contributed by atoms with Crippen molar-refractivity contribution in [3.05, 3.63) is 216 Å². The summed E-state index contributed by atoms with van der Waals surface area (Å²) < 4.78 is 11.6. The summed E-state index contributed by atoms with van der Waals surface area (Å²) in [6.07, 6.45) is -0.511. The molecule has 0 aliphatic heterocycles. The maximum atomic E-state index is 8.59. The van der Waals surface area contributed by atoms with E-state index in [4.69, 9.17) is 35.7 Å². The normalized spacial score (nSPS) is 11.3. The molecule has 0 bridgehead atoms. The van der Waals surface area contributed by atoms with Gasteiger partial charge in [0.25, 0.3) is 6.23 Å². The highest BCUT2D eigenvalue weighted by Gasteiger charge is 2.19. The predicted molar refractivity (Wildman–Crippen MR) is 230 cm³/mol. The molecule has 8 nitrogen and oxygen atoms in total. The minimum Gasteiger partial charge on any atom is -0.421 e. The van der Waals surface area contributed by atoms with Crippen molar-refractivity contribution in [2.45, 2.75) is 6.23 Å². The van der Waals surface area contributed by atoms with Crippen LogP contribution in [0.4, 0.5) is 0 Å². The van der Waals surface area contributed by atoms with Gasteiger partial charge in [-0.3, -0.25) is 10.8 Å². The first-order valence-electron chi connectivity index (χ1n) is 18.8.